The Morgan fingerprint density at radius 3 is 2.57 bits per heavy atom. The summed E-state index contributed by atoms with van der Waals surface area (Å²) in [6, 6.07) is 0. The molecule has 0 aliphatic rings. The Balaban J connectivity index is 3.20. The Kier molecular flexibility index (Phi) is 5.79. The minimum atomic E-state index is -1.06. The SMILES string of the molecule is CCCOCCn1nc(C(=O)OC)c([N+](=O)[O-])c1C(N)=O. The van der Waals surface area contributed by atoms with Crippen molar-refractivity contribution in [2.45, 2.75) is 19.9 Å². The lowest BCUT2D eigenvalue weighted by atomic mass is 10.2. The Morgan fingerprint density at radius 2 is 2.10 bits per heavy atom. The largest absolute Gasteiger partial charge is 0.464 e. The minimum absolute atomic E-state index is 0.0517. The van der Waals surface area contributed by atoms with Gasteiger partial charge in [0.25, 0.3) is 5.91 Å². The van der Waals surface area contributed by atoms with Gasteiger partial charge in [-0.05, 0) is 6.42 Å². The standard InChI is InChI=1S/C11H16N4O6/c1-3-5-21-6-4-14-9(10(12)16)8(15(18)19)7(13-14)11(17)20-2/h3-6H2,1-2H3,(H2,12,16). The molecule has 0 aliphatic heterocycles. The summed E-state index contributed by atoms with van der Waals surface area (Å²) in [7, 11) is 1.05. The molecule has 1 heterocycles. The van der Waals surface area contributed by atoms with E-state index < -0.39 is 33.9 Å². The van der Waals surface area contributed by atoms with Crippen LogP contribution >= 0.6 is 0 Å². The van der Waals surface area contributed by atoms with Crippen LogP contribution < -0.4 is 5.73 Å². The van der Waals surface area contributed by atoms with Gasteiger partial charge in [0.15, 0.2) is 0 Å². The zero-order chi connectivity index (χ0) is 16.0. The number of carbonyl (C=O) groups is 2. The van der Waals surface area contributed by atoms with Gasteiger partial charge in [-0.2, -0.15) is 5.10 Å². The molecular formula is C11H16N4O6. The summed E-state index contributed by atoms with van der Waals surface area (Å²) in [6.45, 7) is 2.64. The van der Waals surface area contributed by atoms with Gasteiger partial charge in [0, 0.05) is 6.61 Å². The average molecular weight is 300 g/mol. The van der Waals surface area contributed by atoms with Crippen LogP contribution in [0.4, 0.5) is 5.69 Å². The molecule has 10 heteroatoms. The molecule has 0 saturated heterocycles. The number of ether oxygens (including phenoxy) is 2. The van der Waals surface area contributed by atoms with Gasteiger partial charge in [-0.15, -0.1) is 0 Å². The molecule has 0 bridgehead atoms. The molecular weight excluding hydrogens is 284 g/mol. The van der Waals surface area contributed by atoms with E-state index in [0.717, 1.165) is 18.2 Å². The van der Waals surface area contributed by atoms with Crippen molar-refractivity contribution in [3.63, 3.8) is 0 Å². The van der Waals surface area contributed by atoms with Crippen molar-refractivity contribution in [1.29, 1.82) is 0 Å². The first-order chi connectivity index (χ1) is 9.93. The van der Waals surface area contributed by atoms with Crippen LogP contribution in [0.15, 0.2) is 0 Å². The lowest BCUT2D eigenvalue weighted by molar-refractivity contribution is -0.385. The van der Waals surface area contributed by atoms with Crippen LogP contribution in [0.1, 0.15) is 34.3 Å². The predicted octanol–water partition coefficient (Wildman–Crippen LogP) is 0.103. The van der Waals surface area contributed by atoms with E-state index in [1.54, 1.807) is 0 Å². The highest BCUT2D eigenvalue weighted by molar-refractivity contribution is 6.01. The normalized spacial score (nSPS) is 10.4. The summed E-state index contributed by atoms with van der Waals surface area (Å²) in [4.78, 5) is 33.1. The molecule has 0 spiro atoms. The molecule has 1 aromatic rings. The molecule has 0 aromatic carbocycles. The summed E-state index contributed by atoms with van der Waals surface area (Å²) in [5.74, 6) is -2.07. The lowest BCUT2D eigenvalue weighted by Gasteiger charge is -2.04. The van der Waals surface area contributed by atoms with E-state index in [-0.39, 0.29) is 13.2 Å². The van der Waals surface area contributed by atoms with Crippen LogP contribution in [0.3, 0.4) is 0 Å². The lowest BCUT2D eigenvalue weighted by Crippen LogP contribution is -2.20. The molecule has 1 rings (SSSR count). The Labute approximate surface area is 120 Å². The third-order valence-corrected chi connectivity index (χ3v) is 2.52. The first kappa shape index (κ1) is 16.6. The van der Waals surface area contributed by atoms with Crippen LogP contribution in [0.5, 0.6) is 0 Å². The summed E-state index contributed by atoms with van der Waals surface area (Å²) in [6.07, 6.45) is 0.801. The molecule has 116 valence electrons. The highest BCUT2D eigenvalue weighted by Gasteiger charge is 2.35. The molecule has 0 saturated carbocycles. The maximum Gasteiger partial charge on any atom is 0.365 e. The summed E-state index contributed by atoms with van der Waals surface area (Å²) in [5.41, 5.74) is 3.36. The Hall–Kier alpha value is -2.49. The van der Waals surface area contributed by atoms with E-state index in [2.05, 4.69) is 9.84 Å². The predicted molar refractivity (Wildman–Crippen MR) is 69.8 cm³/mol. The molecule has 2 N–H and O–H groups in total. The maximum atomic E-state index is 11.5. The van der Waals surface area contributed by atoms with Gasteiger partial charge >= 0.3 is 11.7 Å². The van der Waals surface area contributed by atoms with Crippen LogP contribution in [0.25, 0.3) is 0 Å². The molecule has 21 heavy (non-hydrogen) atoms. The number of aromatic nitrogens is 2. The number of esters is 1. The topological polar surface area (TPSA) is 140 Å². The number of rotatable bonds is 8. The van der Waals surface area contributed by atoms with Gasteiger partial charge in [-0.1, -0.05) is 6.92 Å². The molecule has 0 radical (unpaired) electrons. The van der Waals surface area contributed by atoms with Crippen LogP contribution in [-0.4, -0.2) is 46.9 Å². The van der Waals surface area contributed by atoms with E-state index in [1.807, 2.05) is 6.92 Å². The molecule has 0 fully saturated rings. The fourth-order valence-electron chi connectivity index (χ4n) is 1.66. The van der Waals surface area contributed by atoms with Crippen molar-refractivity contribution < 1.29 is 24.0 Å². The van der Waals surface area contributed by atoms with E-state index in [1.165, 1.54) is 0 Å². The number of nitrogens with zero attached hydrogens (tertiary/aromatic N) is 3. The van der Waals surface area contributed by atoms with Gasteiger partial charge in [0.1, 0.15) is 0 Å². The van der Waals surface area contributed by atoms with Crippen LogP contribution in [-0.2, 0) is 16.0 Å². The molecule has 0 unspecified atom stereocenters. The molecule has 0 atom stereocenters. The number of hydrogen-bond acceptors (Lipinski definition) is 7. The average Bonchev–Trinajstić information content (AvgIpc) is 2.82. The van der Waals surface area contributed by atoms with E-state index in [0.29, 0.717) is 6.61 Å². The smallest absolute Gasteiger partial charge is 0.365 e. The van der Waals surface area contributed by atoms with Crippen molar-refractivity contribution in [3.05, 3.63) is 21.5 Å². The zero-order valence-corrected chi connectivity index (χ0v) is 11.7. The second kappa shape index (κ2) is 7.33. The van der Waals surface area contributed by atoms with E-state index >= 15 is 0 Å². The van der Waals surface area contributed by atoms with Crippen molar-refractivity contribution >= 4 is 17.6 Å². The van der Waals surface area contributed by atoms with Crippen LogP contribution in [0.2, 0.25) is 0 Å². The van der Waals surface area contributed by atoms with Gasteiger partial charge < -0.3 is 15.2 Å². The van der Waals surface area contributed by atoms with Crippen molar-refractivity contribution in [1.82, 2.24) is 9.78 Å². The third-order valence-electron chi connectivity index (χ3n) is 2.52. The van der Waals surface area contributed by atoms with E-state index in [4.69, 9.17) is 10.5 Å². The zero-order valence-electron chi connectivity index (χ0n) is 11.7. The van der Waals surface area contributed by atoms with Crippen molar-refractivity contribution in [2.75, 3.05) is 20.3 Å². The number of carbonyl (C=O) groups excluding carboxylic acids is 2. The Bertz CT molecular complexity index is 553. The first-order valence-electron chi connectivity index (χ1n) is 6.15. The fraction of sp³-hybridized carbons (Fsp3) is 0.545. The summed E-state index contributed by atoms with van der Waals surface area (Å²) >= 11 is 0. The second-order valence-electron chi connectivity index (χ2n) is 3.99. The van der Waals surface area contributed by atoms with Gasteiger partial charge in [0.2, 0.25) is 11.4 Å². The maximum absolute atomic E-state index is 11.5. The van der Waals surface area contributed by atoms with Gasteiger partial charge in [-0.3, -0.25) is 19.6 Å². The summed E-state index contributed by atoms with van der Waals surface area (Å²) < 4.78 is 10.6. The second-order valence-corrected chi connectivity index (χ2v) is 3.99. The van der Waals surface area contributed by atoms with Crippen molar-refractivity contribution in [3.8, 4) is 0 Å². The molecule has 1 amide bonds. The number of methoxy groups -OCH3 is 1. The first-order valence-corrected chi connectivity index (χ1v) is 6.15. The van der Waals surface area contributed by atoms with E-state index in [9.17, 15) is 19.7 Å². The fourth-order valence-corrected chi connectivity index (χ4v) is 1.66. The Morgan fingerprint density at radius 1 is 1.43 bits per heavy atom. The number of hydrogen-bond donors (Lipinski definition) is 1. The van der Waals surface area contributed by atoms with Gasteiger partial charge in [0.05, 0.1) is 25.2 Å². The van der Waals surface area contributed by atoms with Gasteiger partial charge in [-0.25, -0.2) is 4.79 Å². The molecule has 1 aromatic heterocycles. The molecule has 0 aliphatic carbocycles. The minimum Gasteiger partial charge on any atom is -0.464 e. The highest BCUT2D eigenvalue weighted by Crippen LogP contribution is 2.24. The molecule has 10 nitrogen and oxygen atoms in total. The third kappa shape index (κ3) is 3.75. The monoisotopic (exact) mass is 300 g/mol. The quantitative estimate of drug-likeness (QED) is 0.311. The number of amides is 1. The van der Waals surface area contributed by atoms with Crippen LogP contribution in [0, 0.1) is 10.1 Å². The number of primary amides is 1. The summed E-state index contributed by atoms with van der Waals surface area (Å²) in [5, 5.41) is 14.8. The highest BCUT2D eigenvalue weighted by atomic mass is 16.6. The van der Waals surface area contributed by atoms with Crippen molar-refractivity contribution in [2.24, 2.45) is 5.73 Å². The number of nitrogens with two attached hydrogens (primary N) is 1. The number of nitro groups is 1.